The number of ether oxygens (including phenoxy) is 2. The largest absolute Gasteiger partial charge is 0.490 e. The highest BCUT2D eigenvalue weighted by atomic mass is 35.5. The topological polar surface area (TPSA) is 61.5 Å². The average molecular weight is 340 g/mol. The van der Waals surface area contributed by atoms with Crippen LogP contribution in [-0.2, 0) is 6.61 Å². The number of rotatable bonds is 6. The molecule has 22 heavy (non-hydrogen) atoms. The van der Waals surface area contributed by atoms with E-state index in [0.717, 1.165) is 5.56 Å². The zero-order chi connectivity index (χ0) is 16.1. The number of primary amides is 1. The maximum absolute atomic E-state index is 11.2. The lowest BCUT2D eigenvalue weighted by molar-refractivity contribution is 0.0999. The summed E-state index contributed by atoms with van der Waals surface area (Å²) < 4.78 is 11.2. The van der Waals surface area contributed by atoms with Crippen LogP contribution in [0.2, 0.25) is 10.0 Å². The number of carbonyl (C=O) groups excluding carboxylic acids is 1. The first-order valence-corrected chi connectivity index (χ1v) is 7.40. The summed E-state index contributed by atoms with van der Waals surface area (Å²) in [5.74, 6) is 0.454. The SMILES string of the molecule is CCOc1cc(C(N)=O)ccc1OCc1ccc(Cl)cc1Cl. The van der Waals surface area contributed by atoms with Crippen molar-refractivity contribution in [1.82, 2.24) is 0 Å². The van der Waals surface area contributed by atoms with Gasteiger partial charge in [0.1, 0.15) is 6.61 Å². The molecule has 0 bridgehead atoms. The van der Waals surface area contributed by atoms with Gasteiger partial charge in [0.05, 0.1) is 6.61 Å². The number of halogens is 2. The normalized spacial score (nSPS) is 10.3. The molecule has 2 aromatic carbocycles. The molecule has 0 atom stereocenters. The first-order chi connectivity index (χ1) is 10.5. The van der Waals surface area contributed by atoms with Crippen molar-refractivity contribution in [1.29, 1.82) is 0 Å². The molecular weight excluding hydrogens is 325 g/mol. The molecule has 2 N–H and O–H groups in total. The highest BCUT2D eigenvalue weighted by Crippen LogP contribution is 2.30. The maximum atomic E-state index is 11.2. The molecule has 0 spiro atoms. The number of benzene rings is 2. The van der Waals surface area contributed by atoms with E-state index in [1.807, 2.05) is 6.92 Å². The Morgan fingerprint density at radius 1 is 1.09 bits per heavy atom. The Balaban J connectivity index is 2.19. The summed E-state index contributed by atoms with van der Waals surface area (Å²) in [6, 6.07) is 9.99. The van der Waals surface area contributed by atoms with Gasteiger partial charge in [0.15, 0.2) is 11.5 Å². The number of amides is 1. The molecular formula is C16H15Cl2NO3. The third-order valence-electron chi connectivity index (χ3n) is 2.93. The Kier molecular flexibility index (Phi) is 5.52. The van der Waals surface area contributed by atoms with E-state index in [2.05, 4.69) is 0 Å². The van der Waals surface area contributed by atoms with E-state index in [0.29, 0.717) is 33.7 Å². The van der Waals surface area contributed by atoms with Gasteiger partial charge in [0.2, 0.25) is 5.91 Å². The van der Waals surface area contributed by atoms with Gasteiger partial charge < -0.3 is 15.2 Å². The van der Waals surface area contributed by atoms with Gasteiger partial charge in [-0.25, -0.2) is 0 Å². The molecule has 6 heteroatoms. The first-order valence-electron chi connectivity index (χ1n) is 6.64. The van der Waals surface area contributed by atoms with Gasteiger partial charge in [0.25, 0.3) is 0 Å². The van der Waals surface area contributed by atoms with Crippen LogP contribution in [0.15, 0.2) is 36.4 Å². The van der Waals surface area contributed by atoms with Crippen molar-refractivity contribution in [3.63, 3.8) is 0 Å². The van der Waals surface area contributed by atoms with Crippen LogP contribution in [0.4, 0.5) is 0 Å². The van der Waals surface area contributed by atoms with E-state index in [9.17, 15) is 4.79 Å². The lowest BCUT2D eigenvalue weighted by Crippen LogP contribution is -2.11. The van der Waals surface area contributed by atoms with E-state index in [1.165, 1.54) is 0 Å². The molecule has 0 radical (unpaired) electrons. The summed E-state index contributed by atoms with van der Waals surface area (Å²) in [5, 5.41) is 1.09. The summed E-state index contributed by atoms with van der Waals surface area (Å²) >= 11 is 12.0. The Morgan fingerprint density at radius 3 is 2.50 bits per heavy atom. The molecule has 116 valence electrons. The van der Waals surface area contributed by atoms with Gasteiger partial charge in [-0.05, 0) is 37.3 Å². The van der Waals surface area contributed by atoms with Gasteiger partial charge >= 0.3 is 0 Å². The van der Waals surface area contributed by atoms with Gasteiger partial charge in [0, 0.05) is 21.2 Å². The second-order valence-electron chi connectivity index (χ2n) is 4.48. The Bertz CT molecular complexity index is 689. The number of hydrogen-bond donors (Lipinski definition) is 1. The molecule has 2 rings (SSSR count). The highest BCUT2D eigenvalue weighted by molar-refractivity contribution is 6.35. The molecule has 4 nitrogen and oxygen atoms in total. The summed E-state index contributed by atoms with van der Waals surface area (Å²) in [4.78, 5) is 11.2. The summed E-state index contributed by atoms with van der Waals surface area (Å²) in [6.45, 7) is 2.54. The zero-order valence-electron chi connectivity index (χ0n) is 11.9. The molecule has 0 aliphatic heterocycles. The fourth-order valence-corrected chi connectivity index (χ4v) is 2.31. The van der Waals surface area contributed by atoms with Crippen molar-refractivity contribution in [3.8, 4) is 11.5 Å². The first kappa shape index (κ1) is 16.5. The molecule has 2 aromatic rings. The van der Waals surface area contributed by atoms with Crippen LogP contribution in [0.25, 0.3) is 0 Å². The van der Waals surface area contributed by atoms with E-state index in [4.69, 9.17) is 38.4 Å². The van der Waals surface area contributed by atoms with Crippen molar-refractivity contribution in [2.24, 2.45) is 5.73 Å². The summed E-state index contributed by atoms with van der Waals surface area (Å²) in [6.07, 6.45) is 0. The van der Waals surface area contributed by atoms with Crippen LogP contribution in [0.1, 0.15) is 22.8 Å². The number of carbonyl (C=O) groups is 1. The molecule has 1 amide bonds. The lowest BCUT2D eigenvalue weighted by Gasteiger charge is -2.13. The highest BCUT2D eigenvalue weighted by Gasteiger charge is 2.10. The molecule has 0 heterocycles. The molecule has 0 aliphatic carbocycles. The quantitative estimate of drug-likeness (QED) is 0.862. The third-order valence-corrected chi connectivity index (χ3v) is 3.51. The number of hydrogen-bond acceptors (Lipinski definition) is 3. The molecule has 0 fully saturated rings. The average Bonchev–Trinajstić information content (AvgIpc) is 2.47. The molecule has 0 saturated heterocycles. The second kappa shape index (κ2) is 7.38. The summed E-state index contributed by atoms with van der Waals surface area (Å²) in [7, 11) is 0. The predicted octanol–water partition coefficient (Wildman–Crippen LogP) is 4.07. The van der Waals surface area contributed by atoms with Crippen LogP contribution in [-0.4, -0.2) is 12.5 Å². The number of nitrogens with two attached hydrogens (primary N) is 1. The Hall–Kier alpha value is -1.91. The molecule has 0 saturated carbocycles. The minimum atomic E-state index is -0.520. The van der Waals surface area contributed by atoms with Gasteiger partial charge in [-0.1, -0.05) is 29.3 Å². The molecule has 0 aromatic heterocycles. The fourth-order valence-electron chi connectivity index (χ4n) is 1.84. The van der Waals surface area contributed by atoms with Crippen LogP contribution in [0.5, 0.6) is 11.5 Å². The van der Waals surface area contributed by atoms with E-state index in [1.54, 1.807) is 36.4 Å². The van der Waals surface area contributed by atoms with Crippen LogP contribution >= 0.6 is 23.2 Å². The maximum Gasteiger partial charge on any atom is 0.248 e. The van der Waals surface area contributed by atoms with Crippen molar-refractivity contribution < 1.29 is 14.3 Å². The van der Waals surface area contributed by atoms with Crippen LogP contribution in [0.3, 0.4) is 0 Å². The monoisotopic (exact) mass is 339 g/mol. The zero-order valence-corrected chi connectivity index (χ0v) is 13.4. The van der Waals surface area contributed by atoms with Crippen LogP contribution < -0.4 is 15.2 Å². The van der Waals surface area contributed by atoms with Crippen molar-refractivity contribution in [2.75, 3.05) is 6.61 Å². The Morgan fingerprint density at radius 2 is 1.86 bits per heavy atom. The Labute approximate surface area is 138 Å². The van der Waals surface area contributed by atoms with Crippen molar-refractivity contribution >= 4 is 29.1 Å². The predicted molar refractivity (Wildman–Crippen MR) is 86.9 cm³/mol. The van der Waals surface area contributed by atoms with Gasteiger partial charge in [-0.2, -0.15) is 0 Å². The molecule has 0 aliphatic rings. The summed E-state index contributed by atoms with van der Waals surface area (Å²) in [5.41, 5.74) is 6.42. The standard InChI is InChI=1S/C16H15Cl2NO3/c1-2-21-15-7-10(16(19)20)4-6-14(15)22-9-11-3-5-12(17)8-13(11)18/h3-8H,2,9H2,1H3,(H2,19,20). The van der Waals surface area contributed by atoms with E-state index in [-0.39, 0.29) is 6.61 Å². The van der Waals surface area contributed by atoms with Crippen molar-refractivity contribution in [2.45, 2.75) is 13.5 Å². The van der Waals surface area contributed by atoms with E-state index < -0.39 is 5.91 Å². The minimum Gasteiger partial charge on any atom is -0.490 e. The van der Waals surface area contributed by atoms with Gasteiger partial charge in [-0.15, -0.1) is 0 Å². The second-order valence-corrected chi connectivity index (χ2v) is 5.33. The molecule has 0 unspecified atom stereocenters. The van der Waals surface area contributed by atoms with Crippen LogP contribution in [0, 0.1) is 0 Å². The third kappa shape index (κ3) is 4.06. The fraction of sp³-hybridized carbons (Fsp3) is 0.188. The minimum absolute atomic E-state index is 0.256. The van der Waals surface area contributed by atoms with Gasteiger partial charge in [-0.3, -0.25) is 4.79 Å². The lowest BCUT2D eigenvalue weighted by atomic mass is 10.2. The van der Waals surface area contributed by atoms with Crippen molar-refractivity contribution in [3.05, 3.63) is 57.6 Å². The smallest absolute Gasteiger partial charge is 0.248 e. The van der Waals surface area contributed by atoms with E-state index >= 15 is 0 Å².